The number of amides is 1. The van der Waals surface area contributed by atoms with E-state index in [4.69, 9.17) is 25.2 Å². The summed E-state index contributed by atoms with van der Waals surface area (Å²) < 4.78 is 74.4. The van der Waals surface area contributed by atoms with E-state index in [1.165, 1.54) is 11.8 Å². The molecule has 0 spiro atoms. The molecule has 1 amide bonds. The SMILES string of the molecule is C=C1CN2CCC[C@]2(COc2nc3c(c(N4CCCn5nc(C(=O)N(C)C)c(Br)c5C4)n2)CO[C@@H](c2c(F)c(N)cc(C#CC)c2C(F)(F)F)C3)C1. The molecule has 52 heavy (non-hydrogen) atoms. The van der Waals surface area contributed by atoms with Crippen molar-refractivity contribution in [3.63, 3.8) is 0 Å². The van der Waals surface area contributed by atoms with Crippen molar-refractivity contribution in [1.82, 2.24) is 29.5 Å². The number of aryl methyl sites for hydroxylation is 1. The van der Waals surface area contributed by atoms with Crippen LogP contribution in [0.4, 0.5) is 29.1 Å². The van der Waals surface area contributed by atoms with E-state index in [9.17, 15) is 18.0 Å². The summed E-state index contributed by atoms with van der Waals surface area (Å²) in [4.78, 5) is 28.4. The largest absolute Gasteiger partial charge is 0.461 e. The fourth-order valence-electron chi connectivity index (χ4n) is 7.94. The maximum absolute atomic E-state index is 15.7. The Hall–Kier alpha value is -4.20. The van der Waals surface area contributed by atoms with Crippen LogP contribution >= 0.6 is 15.9 Å². The second kappa shape index (κ2) is 13.7. The first-order valence-corrected chi connectivity index (χ1v) is 17.9. The van der Waals surface area contributed by atoms with E-state index < -0.39 is 40.5 Å². The third-order valence-corrected chi connectivity index (χ3v) is 11.1. The van der Waals surface area contributed by atoms with Gasteiger partial charge in [-0.3, -0.25) is 14.4 Å². The average Bonchev–Trinajstić information content (AvgIpc) is 3.66. The number of rotatable bonds is 6. The number of alkyl halides is 3. The number of nitrogen functional groups attached to an aromatic ring is 1. The summed E-state index contributed by atoms with van der Waals surface area (Å²) in [6.45, 7) is 8.83. The minimum Gasteiger partial charge on any atom is -0.461 e. The lowest BCUT2D eigenvalue weighted by molar-refractivity contribution is -0.140. The molecule has 276 valence electrons. The molecule has 0 unspecified atom stereocenters. The van der Waals surface area contributed by atoms with E-state index in [-0.39, 0.29) is 36.2 Å². The van der Waals surface area contributed by atoms with Crippen molar-refractivity contribution in [1.29, 1.82) is 0 Å². The highest BCUT2D eigenvalue weighted by atomic mass is 79.9. The van der Waals surface area contributed by atoms with Gasteiger partial charge in [0.15, 0.2) is 11.5 Å². The Kier molecular flexibility index (Phi) is 9.50. The van der Waals surface area contributed by atoms with Crippen molar-refractivity contribution in [2.45, 2.75) is 76.5 Å². The first-order valence-electron chi connectivity index (χ1n) is 17.1. The number of fused-ring (bicyclic) bond motifs is 3. The second-order valence-corrected chi connectivity index (χ2v) is 14.8. The van der Waals surface area contributed by atoms with Gasteiger partial charge >= 0.3 is 12.2 Å². The normalized spacial score (nSPS) is 21.6. The Morgan fingerprint density at radius 2 is 2.02 bits per heavy atom. The van der Waals surface area contributed by atoms with Gasteiger partial charge in [-0.15, -0.1) is 5.92 Å². The monoisotopic (exact) mass is 786 g/mol. The van der Waals surface area contributed by atoms with Crippen LogP contribution in [0.2, 0.25) is 0 Å². The molecule has 3 aromatic rings. The van der Waals surface area contributed by atoms with Crippen molar-refractivity contribution >= 4 is 33.3 Å². The number of hydrogen-bond acceptors (Lipinski definition) is 9. The Bertz CT molecular complexity index is 2020. The van der Waals surface area contributed by atoms with Gasteiger partial charge in [-0.25, -0.2) is 4.39 Å². The highest BCUT2D eigenvalue weighted by molar-refractivity contribution is 9.10. The number of carbonyl (C=O) groups is 1. The van der Waals surface area contributed by atoms with Crippen LogP contribution in [-0.2, 0) is 37.0 Å². The first kappa shape index (κ1) is 36.2. The lowest BCUT2D eigenvalue weighted by Crippen LogP contribution is -2.43. The van der Waals surface area contributed by atoms with Crippen LogP contribution in [0.3, 0.4) is 0 Å². The molecular weight excluding hydrogens is 748 g/mol. The van der Waals surface area contributed by atoms with E-state index >= 15 is 4.39 Å². The molecule has 11 nitrogen and oxygen atoms in total. The van der Waals surface area contributed by atoms with E-state index in [1.54, 1.807) is 18.8 Å². The number of halogens is 5. The van der Waals surface area contributed by atoms with E-state index in [0.717, 1.165) is 49.7 Å². The molecular formula is C36H39BrF4N8O3. The summed E-state index contributed by atoms with van der Waals surface area (Å²) in [5.74, 6) is 3.95. The fourth-order valence-corrected chi connectivity index (χ4v) is 8.52. The van der Waals surface area contributed by atoms with Crippen LogP contribution in [-0.4, -0.2) is 81.3 Å². The maximum Gasteiger partial charge on any atom is 0.418 e. The van der Waals surface area contributed by atoms with E-state index in [0.29, 0.717) is 54.2 Å². The minimum atomic E-state index is -4.94. The van der Waals surface area contributed by atoms with Crippen LogP contribution in [0.5, 0.6) is 6.01 Å². The van der Waals surface area contributed by atoms with Gasteiger partial charge < -0.3 is 25.0 Å². The van der Waals surface area contributed by atoms with Gasteiger partial charge in [0.1, 0.15) is 12.4 Å². The van der Waals surface area contributed by atoms with Crippen molar-refractivity contribution < 1.29 is 31.8 Å². The summed E-state index contributed by atoms with van der Waals surface area (Å²) in [7, 11) is 3.31. The molecule has 4 aliphatic rings. The predicted octanol–water partition coefficient (Wildman–Crippen LogP) is 5.65. The highest BCUT2D eigenvalue weighted by Gasteiger charge is 2.47. The van der Waals surface area contributed by atoms with Crippen molar-refractivity contribution in [3.05, 3.63) is 67.8 Å². The molecule has 16 heteroatoms. The van der Waals surface area contributed by atoms with Gasteiger partial charge in [0.2, 0.25) is 0 Å². The lowest BCUT2D eigenvalue weighted by Gasteiger charge is -2.33. The Balaban J connectivity index is 1.30. The molecule has 0 saturated carbocycles. The number of aromatic nitrogens is 4. The highest BCUT2D eigenvalue weighted by Crippen LogP contribution is 2.45. The van der Waals surface area contributed by atoms with Gasteiger partial charge in [-0.2, -0.15) is 28.2 Å². The van der Waals surface area contributed by atoms with Gasteiger partial charge in [0.05, 0.1) is 51.9 Å². The Morgan fingerprint density at radius 3 is 2.75 bits per heavy atom. The molecule has 2 fully saturated rings. The summed E-state index contributed by atoms with van der Waals surface area (Å²) >= 11 is 3.61. The van der Waals surface area contributed by atoms with Gasteiger partial charge in [-0.05, 0) is 61.1 Å². The first-order chi connectivity index (χ1) is 24.7. The standard InChI is InChI=1S/C36H39BrF4N8O3/c1-5-8-21-13-23(42)30(38)27(28(21)36(39,40)41)26-14-24-22(18-51-26)32(44-34(43-24)52-19-35-9-6-11-48(35)16-20(2)15-35)47-10-7-12-49-25(17-47)29(37)31(45-49)33(50)46(3)4/h13,26H,2,6-7,9-12,14-19,42H2,1,3-4H3/t26-,35-/m1/s1. The molecule has 0 bridgehead atoms. The average molecular weight is 788 g/mol. The molecule has 2 N–H and O–H groups in total. The van der Waals surface area contributed by atoms with Gasteiger partial charge in [0, 0.05) is 56.8 Å². The number of benzene rings is 1. The Labute approximate surface area is 307 Å². The molecule has 7 rings (SSSR count). The van der Waals surface area contributed by atoms with Crippen LogP contribution in [0.15, 0.2) is 22.7 Å². The lowest BCUT2D eigenvalue weighted by atomic mass is 9.91. The zero-order valence-electron chi connectivity index (χ0n) is 29.2. The predicted molar refractivity (Wildman–Crippen MR) is 188 cm³/mol. The number of nitrogens with two attached hydrogens (primary N) is 1. The quantitative estimate of drug-likeness (QED) is 0.147. The van der Waals surface area contributed by atoms with Crippen LogP contribution in [0.1, 0.15) is 82.8 Å². The van der Waals surface area contributed by atoms with Crippen molar-refractivity contribution in [2.24, 2.45) is 0 Å². The summed E-state index contributed by atoms with van der Waals surface area (Å²) in [5.41, 5.74) is 5.97. The van der Waals surface area contributed by atoms with E-state index in [1.807, 2.05) is 4.90 Å². The third kappa shape index (κ3) is 6.40. The van der Waals surface area contributed by atoms with Crippen LogP contribution < -0.4 is 15.4 Å². The topological polar surface area (TPSA) is 115 Å². The number of carbonyl (C=O) groups excluding carboxylic acids is 1. The second-order valence-electron chi connectivity index (χ2n) is 14.0. The number of hydrogen-bond donors (Lipinski definition) is 1. The zero-order chi connectivity index (χ0) is 37.1. The zero-order valence-corrected chi connectivity index (χ0v) is 30.8. The van der Waals surface area contributed by atoms with Crippen molar-refractivity contribution in [2.75, 3.05) is 51.0 Å². The fraction of sp³-hybridized carbons (Fsp3) is 0.500. The molecule has 2 aromatic heterocycles. The summed E-state index contributed by atoms with van der Waals surface area (Å²) in [5, 5.41) is 4.59. The van der Waals surface area contributed by atoms with Crippen LogP contribution in [0, 0.1) is 17.7 Å². The maximum atomic E-state index is 15.7. The minimum absolute atomic E-state index is 0.0649. The van der Waals surface area contributed by atoms with Crippen molar-refractivity contribution in [3.8, 4) is 17.9 Å². The molecule has 1 aromatic carbocycles. The summed E-state index contributed by atoms with van der Waals surface area (Å²) in [6.07, 6.45) is -3.12. The third-order valence-electron chi connectivity index (χ3n) is 10.3. The smallest absolute Gasteiger partial charge is 0.418 e. The summed E-state index contributed by atoms with van der Waals surface area (Å²) in [6, 6.07) is 0.972. The number of ether oxygens (including phenoxy) is 2. The molecule has 4 aliphatic heterocycles. The van der Waals surface area contributed by atoms with E-state index in [2.05, 4.69) is 44.3 Å². The number of anilines is 2. The van der Waals surface area contributed by atoms with Gasteiger partial charge in [0.25, 0.3) is 5.91 Å². The number of nitrogens with zero attached hydrogens (tertiary/aromatic N) is 7. The van der Waals surface area contributed by atoms with Gasteiger partial charge in [-0.1, -0.05) is 18.1 Å². The molecule has 0 radical (unpaired) electrons. The molecule has 6 heterocycles. The molecule has 2 atom stereocenters. The van der Waals surface area contributed by atoms with Crippen LogP contribution in [0.25, 0.3) is 0 Å². The molecule has 0 aliphatic carbocycles. The molecule has 2 saturated heterocycles. The Morgan fingerprint density at radius 1 is 1.23 bits per heavy atom.